The zero-order chi connectivity index (χ0) is 16.9. The van der Waals surface area contributed by atoms with E-state index in [0.717, 1.165) is 29.8 Å². The van der Waals surface area contributed by atoms with Crippen LogP contribution in [-0.2, 0) is 0 Å². The smallest absolute Gasteiger partial charge is 0.00541 e. The summed E-state index contributed by atoms with van der Waals surface area (Å²) in [4.78, 5) is 8.19. The van der Waals surface area contributed by atoms with E-state index < -0.39 is 0 Å². The van der Waals surface area contributed by atoms with Crippen molar-refractivity contribution in [1.29, 1.82) is 0 Å². The van der Waals surface area contributed by atoms with Gasteiger partial charge in [0.1, 0.15) is 0 Å². The summed E-state index contributed by atoms with van der Waals surface area (Å²) in [6.07, 6.45) is 5.93. The van der Waals surface area contributed by atoms with Crippen molar-refractivity contribution in [3.05, 3.63) is 0 Å². The standard InChI is InChI=1S/C21H39N3/c1-16(2)23-12-19-9-18(10-20(19)13-23)11-22-7-5-21(6-8-22)14-24(15-21)17(3)4/h16-20H,5-15H2,1-4H3. The molecule has 3 aliphatic heterocycles. The van der Waals surface area contributed by atoms with E-state index in [1.165, 1.54) is 71.5 Å². The molecule has 0 N–H and O–H groups in total. The average Bonchev–Trinajstić information content (AvgIpc) is 3.04. The molecule has 1 spiro atoms. The Bertz CT molecular complexity index is 416. The molecule has 3 heterocycles. The predicted molar refractivity (Wildman–Crippen MR) is 101 cm³/mol. The molecular formula is C21H39N3. The number of hydrogen-bond donors (Lipinski definition) is 0. The lowest BCUT2D eigenvalue weighted by atomic mass is 9.71. The molecule has 0 amide bonds. The van der Waals surface area contributed by atoms with Gasteiger partial charge in [-0.1, -0.05) is 0 Å². The summed E-state index contributed by atoms with van der Waals surface area (Å²) < 4.78 is 0. The lowest BCUT2D eigenvalue weighted by molar-refractivity contribution is -0.0638. The summed E-state index contributed by atoms with van der Waals surface area (Å²) in [5.41, 5.74) is 0.699. The average molecular weight is 334 g/mol. The van der Waals surface area contributed by atoms with Crippen LogP contribution in [0.4, 0.5) is 0 Å². The van der Waals surface area contributed by atoms with Crippen molar-refractivity contribution in [1.82, 2.24) is 14.7 Å². The first-order valence-electron chi connectivity index (χ1n) is 10.6. The molecule has 24 heavy (non-hydrogen) atoms. The van der Waals surface area contributed by atoms with Crippen molar-refractivity contribution < 1.29 is 0 Å². The van der Waals surface area contributed by atoms with Crippen molar-refractivity contribution in [2.75, 3.05) is 45.8 Å². The number of likely N-dealkylation sites (tertiary alicyclic amines) is 3. The summed E-state index contributed by atoms with van der Waals surface area (Å²) in [5, 5.41) is 0. The van der Waals surface area contributed by atoms with Gasteiger partial charge in [0.25, 0.3) is 0 Å². The molecule has 3 heteroatoms. The number of piperidine rings is 1. The highest BCUT2D eigenvalue weighted by Gasteiger charge is 2.46. The Labute approximate surface area is 149 Å². The summed E-state index contributed by atoms with van der Waals surface area (Å²) in [5.74, 6) is 3.02. The van der Waals surface area contributed by atoms with Gasteiger partial charge in [0.2, 0.25) is 0 Å². The van der Waals surface area contributed by atoms with Gasteiger partial charge < -0.3 is 9.80 Å². The first-order chi connectivity index (χ1) is 11.4. The van der Waals surface area contributed by atoms with Gasteiger partial charge >= 0.3 is 0 Å². The molecule has 3 saturated heterocycles. The second-order valence-corrected chi connectivity index (χ2v) is 10.2. The molecule has 0 aromatic carbocycles. The molecule has 0 bridgehead atoms. The Morgan fingerprint density at radius 3 is 1.88 bits per heavy atom. The minimum Gasteiger partial charge on any atom is -0.303 e. The SMILES string of the molecule is CC(C)N1CC2CC(CN3CCC4(CC3)CN(C(C)C)C4)CC2C1. The van der Waals surface area contributed by atoms with Crippen LogP contribution in [-0.4, -0.2) is 72.6 Å². The van der Waals surface area contributed by atoms with Crippen LogP contribution in [0.2, 0.25) is 0 Å². The Morgan fingerprint density at radius 1 is 0.833 bits per heavy atom. The highest BCUT2D eigenvalue weighted by atomic mass is 15.2. The third-order valence-corrected chi connectivity index (χ3v) is 7.85. The molecule has 2 unspecified atom stereocenters. The monoisotopic (exact) mass is 333 g/mol. The molecular weight excluding hydrogens is 294 g/mol. The van der Waals surface area contributed by atoms with Gasteiger partial charge in [-0.15, -0.1) is 0 Å². The Hall–Kier alpha value is -0.120. The zero-order valence-electron chi connectivity index (χ0n) is 16.5. The third kappa shape index (κ3) is 3.29. The highest BCUT2D eigenvalue weighted by Crippen LogP contribution is 2.44. The van der Waals surface area contributed by atoms with Gasteiger partial charge in [0.15, 0.2) is 0 Å². The van der Waals surface area contributed by atoms with Crippen LogP contribution in [0, 0.1) is 23.2 Å². The molecule has 4 fully saturated rings. The van der Waals surface area contributed by atoms with Crippen LogP contribution in [0.5, 0.6) is 0 Å². The van der Waals surface area contributed by atoms with E-state index in [4.69, 9.17) is 0 Å². The molecule has 4 aliphatic rings. The van der Waals surface area contributed by atoms with Crippen LogP contribution in [0.3, 0.4) is 0 Å². The molecule has 4 rings (SSSR count). The van der Waals surface area contributed by atoms with E-state index in [1.54, 1.807) is 0 Å². The maximum Gasteiger partial charge on any atom is 0.00541 e. The fourth-order valence-electron chi connectivity index (χ4n) is 6.10. The first kappa shape index (κ1) is 17.3. The summed E-state index contributed by atoms with van der Waals surface area (Å²) >= 11 is 0. The van der Waals surface area contributed by atoms with Crippen LogP contribution < -0.4 is 0 Å². The van der Waals surface area contributed by atoms with Crippen LogP contribution in [0.1, 0.15) is 53.4 Å². The molecule has 138 valence electrons. The van der Waals surface area contributed by atoms with Crippen LogP contribution in [0.15, 0.2) is 0 Å². The molecule has 1 aliphatic carbocycles. The van der Waals surface area contributed by atoms with Crippen molar-refractivity contribution >= 4 is 0 Å². The second-order valence-electron chi connectivity index (χ2n) is 10.2. The Kier molecular flexibility index (Phi) is 4.73. The molecule has 2 atom stereocenters. The van der Waals surface area contributed by atoms with E-state index in [1.807, 2.05) is 0 Å². The van der Waals surface area contributed by atoms with Crippen molar-refractivity contribution in [3.63, 3.8) is 0 Å². The normalized spacial score (nSPS) is 37.5. The van der Waals surface area contributed by atoms with Gasteiger partial charge in [0.05, 0.1) is 0 Å². The quantitative estimate of drug-likeness (QED) is 0.782. The number of rotatable bonds is 4. The van der Waals surface area contributed by atoms with E-state index in [9.17, 15) is 0 Å². The molecule has 3 nitrogen and oxygen atoms in total. The van der Waals surface area contributed by atoms with Gasteiger partial charge in [-0.05, 0) is 89.6 Å². The molecule has 0 radical (unpaired) electrons. The highest BCUT2D eigenvalue weighted by molar-refractivity contribution is 5.00. The predicted octanol–water partition coefficient (Wildman–Crippen LogP) is 3.16. The van der Waals surface area contributed by atoms with Crippen LogP contribution in [0.25, 0.3) is 0 Å². The van der Waals surface area contributed by atoms with Gasteiger partial charge in [-0.2, -0.15) is 0 Å². The second kappa shape index (κ2) is 6.55. The maximum absolute atomic E-state index is 2.81. The molecule has 0 aromatic heterocycles. The maximum atomic E-state index is 2.81. The lowest BCUT2D eigenvalue weighted by Crippen LogP contribution is -2.62. The third-order valence-electron chi connectivity index (χ3n) is 7.85. The summed E-state index contributed by atoms with van der Waals surface area (Å²) in [7, 11) is 0. The minimum atomic E-state index is 0.699. The molecule has 1 saturated carbocycles. The van der Waals surface area contributed by atoms with E-state index >= 15 is 0 Å². The minimum absolute atomic E-state index is 0.699. The number of nitrogens with zero attached hydrogens (tertiary/aromatic N) is 3. The van der Waals surface area contributed by atoms with E-state index in [0.29, 0.717) is 5.41 Å². The fourth-order valence-corrected chi connectivity index (χ4v) is 6.10. The van der Waals surface area contributed by atoms with Gasteiger partial charge in [-0.25, -0.2) is 0 Å². The Morgan fingerprint density at radius 2 is 1.38 bits per heavy atom. The molecule has 0 aromatic rings. The number of hydrogen-bond acceptors (Lipinski definition) is 3. The number of fused-ring (bicyclic) bond motifs is 1. The topological polar surface area (TPSA) is 9.72 Å². The zero-order valence-corrected chi connectivity index (χ0v) is 16.5. The summed E-state index contributed by atoms with van der Waals surface area (Å²) in [6, 6.07) is 1.50. The van der Waals surface area contributed by atoms with Crippen molar-refractivity contribution in [2.24, 2.45) is 23.2 Å². The van der Waals surface area contributed by atoms with Crippen molar-refractivity contribution in [3.8, 4) is 0 Å². The van der Waals surface area contributed by atoms with E-state index in [-0.39, 0.29) is 0 Å². The van der Waals surface area contributed by atoms with Crippen molar-refractivity contribution in [2.45, 2.75) is 65.5 Å². The van der Waals surface area contributed by atoms with Gasteiger partial charge in [0, 0.05) is 44.8 Å². The van der Waals surface area contributed by atoms with Gasteiger partial charge in [-0.3, -0.25) is 4.90 Å². The van der Waals surface area contributed by atoms with E-state index in [2.05, 4.69) is 42.4 Å². The fraction of sp³-hybridized carbons (Fsp3) is 1.00. The van der Waals surface area contributed by atoms with Crippen LogP contribution >= 0.6 is 0 Å². The largest absolute Gasteiger partial charge is 0.303 e. The first-order valence-corrected chi connectivity index (χ1v) is 10.6. The Balaban J connectivity index is 1.20. The summed E-state index contributed by atoms with van der Waals surface area (Å²) in [6.45, 7) is 19.1. The lowest BCUT2D eigenvalue weighted by Gasteiger charge is -2.56.